The van der Waals surface area contributed by atoms with Crippen LogP contribution in [0.1, 0.15) is 5.56 Å². The van der Waals surface area contributed by atoms with Crippen molar-refractivity contribution in [2.45, 2.75) is 11.8 Å². The number of nitrogens with one attached hydrogen (secondary N) is 1. The molecule has 0 aliphatic carbocycles. The van der Waals surface area contributed by atoms with Crippen LogP contribution in [0.3, 0.4) is 0 Å². The van der Waals surface area contributed by atoms with Crippen LogP contribution in [0.5, 0.6) is 11.5 Å². The van der Waals surface area contributed by atoms with E-state index in [4.69, 9.17) is 21.1 Å². The molecule has 0 bridgehead atoms. The van der Waals surface area contributed by atoms with E-state index in [1.54, 1.807) is 12.3 Å². The number of pyridine rings is 1. The number of para-hydroxylation sites is 1. The lowest BCUT2D eigenvalue weighted by atomic mass is 10.2. The summed E-state index contributed by atoms with van der Waals surface area (Å²) in [5, 5.41) is 1.00. The van der Waals surface area contributed by atoms with Crippen molar-refractivity contribution in [1.82, 2.24) is 4.98 Å². The third-order valence-electron chi connectivity index (χ3n) is 3.82. The van der Waals surface area contributed by atoms with E-state index >= 15 is 0 Å². The second-order valence-corrected chi connectivity index (χ2v) is 7.69. The largest absolute Gasteiger partial charge is 0.495 e. The number of hydrogen-bond donors (Lipinski definition) is 1. The molecule has 0 aliphatic rings. The monoisotopic (exact) mass is 392 g/mol. The number of halogens is 1. The lowest BCUT2D eigenvalue weighted by Gasteiger charge is -2.15. The van der Waals surface area contributed by atoms with Crippen LogP contribution in [0, 0.1) is 6.92 Å². The van der Waals surface area contributed by atoms with Gasteiger partial charge in [-0.2, -0.15) is 0 Å². The molecule has 1 N–H and O–H groups in total. The third kappa shape index (κ3) is 3.40. The van der Waals surface area contributed by atoms with Gasteiger partial charge in [0, 0.05) is 17.6 Å². The fourth-order valence-electron chi connectivity index (χ4n) is 2.60. The van der Waals surface area contributed by atoms with E-state index in [0.717, 1.165) is 10.9 Å². The Labute approximate surface area is 156 Å². The number of anilines is 1. The molecule has 3 aromatic rings. The number of fused-ring (bicyclic) bond motifs is 1. The zero-order valence-electron chi connectivity index (χ0n) is 14.4. The molecule has 0 atom stereocenters. The normalized spacial score (nSPS) is 11.4. The fraction of sp³-hybridized carbons (Fsp3) is 0.167. The zero-order valence-corrected chi connectivity index (χ0v) is 16.0. The number of methoxy groups -OCH3 is 2. The summed E-state index contributed by atoms with van der Waals surface area (Å²) in [7, 11) is -1.01. The van der Waals surface area contributed by atoms with Gasteiger partial charge < -0.3 is 9.47 Å². The van der Waals surface area contributed by atoms with Gasteiger partial charge in [0.25, 0.3) is 10.0 Å². The summed E-state index contributed by atoms with van der Waals surface area (Å²) in [4.78, 5) is 4.35. The van der Waals surface area contributed by atoms with Crippen LogP contribution in [0.2, 0.25) is 5.02 Å². The minimum Gasteiger partial charge on any atom is -0.495 e. The molecule has 6 nitrogen and oxygen atoms in total. The molecule has 0 unspecified atom stereocenters. The summed E-state index contributed by atoms with van der Waals surface area (Å²) in [5.74, 6) is 0.674. The second-order valence-electron chi connectivity index (χ2n) is 5.63. The summed E-state index contributed by atoms with van der Waals surface area (Å²) in [6, 6.07) is 9.84. The molecule has 1 aromatic heterocycles. The molecule has 0 saturated heterocycles. The average Bonchev–Trinajstić information content (AvgIpc) is 2.61. The van der Waals surface area contributed by atoms with Crippen LogP contribution in [0.4, 0.5) is 5.69 Å². The van der Waals surface area contributed by atoms with E-state index in [1.807, 2.05) is 19.1 Å². The lowest BCUT2D eigenvalue weighted by Crippen LogP contribution is -2.14. The highest BCUT2D eigenvalue weighted by molar-refractivity contribution is 7.93. The van der Waals surface area contributed by atoms with Crippen molar-refractivity contribution in [3.63, 3.8) is 0 Å². The van der Waals surface area contributed by atoms with Gasteiger partial charge in [0.2, 0.25) is 0 Å². The van der Waals surface area contributed by atoms with Gasteiger partial charge in [0.15, 0.2) is 0 Å². The number of nitrogens with zero attached hydrogens (tertiary/aromatic N) is 1. The van der Waals surface area contributed by atoms with Crippen LogP contribution in [-0.4, -0.2) is 27.6 Å². The van der Waals surface area contributed by atoms with E-state index in [9.17, 15) is 8.42 Å². The molecule has 136 valence electrons. The Morgan fingerprint density at radius 3 is 2.50 bits per heavy atom. The zero-order chi connectivity index (χ0) is 18.9. The molecule has 0 saturated carbocycles. The first kappa shape index (κ1) is 18.3. The van der Waals surface area contributed by atoms with E-state index in [-0.39, 0.29) is 15.6 Å². The van der Waals surface area contributed by atoms with Gasteiger partial charge in [0.05, 0.1) is 30.4 Å². The van der Waals surface area contributed by atoms with Gasteiger partial charge in [-0.3, -0.25) is 9.71 Å². The van der Waals surface area contributed by atoms with Crippen LogP contribution in [-0.2, 0) is 10.0 Å². The summed E-state index contributed by atoms with van der Waals surface area (Å²) >= 11 is 6.12. The van der Waals surface area contributed by atoms with Gasteiger partial charge in [-0.15, -0.1) is 0 Å². The Kier molecular flexibility index (Phi) is 4.93. The number of rotatable bonds is 5. The van der Waals surface area contributed by atoms with Crippen molar-refractivity contribution in [3.05, 3.63) is 53.2 Å². The topological polar surface area (TPSA) is 77.5 Å². The van der Waals surface area contributed by atoms with Gasteiger partial charge in [-0.05, 0) is 30.7 Å². The van der Waals surface area contributed by atoms with Crippen LogP contribution in [0.25, 0.3) is 10.9 Å². The Bertz CT molecular complexity index is 1080. The highest BCUT2D eigenvalue weighted by atomic mass is 35.5. The first-order chi connectivity index (χ1) is 12.4. The average molecular weight is 393 g/mol. The fourth-order valence-corrected chi connectivity index (χ4v) is 4.08. The van der Waals surface area contributed by atoms with Crippen LogP contribution in [0.15, 0.2) is 47.5 Å². The first-order valence-corrected chi connectivity index (χ1v) is 9.51. The van der Waals surface area contributed by atoms with Crippen molar-refractivity contribution in [1.29, 1.82) is 0 Å². The van der Waals surface area contributed by atoms with Crippen molar-refractivity contribution < 1.29 is 17.9 Å². The van der Waals surface area contributed by atoms with Crippen LogP contribution < -0.4 is 14.2 Å². The third-order valence-corrected chi connectivity index (χ3v) is 5.51. The lowest BCUT2D eigenvalue weighted by molar-refractivity contribution is 0.396. The molecule has 2 aromatic carbocycles. The highest BCUT2D eigenvalue weighted by Gasteiger charge is 2.21. The summed E-state index contributed by atoms with van der Waals surface area (Å²) in [6.45, 7) is 1.90. The molecule has 1 heterocycles. The Hall–Kier alpha value is -2.51. The van der Waals surface area contributed by atoms with Crippen molar-refractivity contribution >= 4 is 38.2 Å². The number of aryl methyl sites for hydroxylation is 1. The molecule has 8 heteroatoms. The maximum Gasteiger partial charge on any atom is 0.264 e. The Morgan fingerprint density at radius 2 is 1.81 bits per heavy atom. The molecule has 3 rings (SSSR count). The minimum absolute atomic E-state index is 0.0731. The Morgan fingerprint density at radius 1 is 1.08 bits per heavy atom. The molecular formula is C18H17ClN2O4S. The molecule has 0 amide bonds. The van der Waals surface area contributed by atoms with Crippen molar-refractivity contribution in [2.24, 2.45) is 0 Å². The standard InChI is InChI=1S/C18H17ClN2O4S/c1-11-7-12-5-4-6-17(18(12)20-10-11)26(22,23)21-14-8-13(19)15(24-2)9-16(14)25-3/h4-10,21H,1-3H3. The number of ether oxygens (including phenoxy) is 2. The molecule has 0 radical (unpaired) electrons. The number of aromatic nitrogens is 1. The van der Waals surface area contributed by atoms with E-state index in [0.29, 0.717) is 17.0 Å². The second kappa shape index (κ2) is 7.01. The van der Waals surface area contributed by atoms with E-state index in [2.05, 4.69) is 9.71 Å². The summed E-state index contributed by atoms with van der Waals surface area (Å²) < 4.78 is 38.8. The van der Waals surface area contributed by atoms with E-state index < -0.39 is 10.0 Å². The maximum absolute atomic E-state index is 13.0. The molecule has 0 fully saturated rings. The van der Waals surface area contributed by atoms with Crippen molar-refractivity contribution in [2.75, 3.05) is 18.9 Å². The predicted octanol–water partition coefficient (Wildman–Crippen LogP) is 4.01. The first-order valence-electron chi connectivity index (χ1n) is 7.65. The van der Waals surface area contributed by atoms with Gasteiger partial charge >= 0.3 is 0 Å². The van der Waals surface area contributed by atoms with E-state index in [1.165, 1.54) is 32.4 Å². The molecule has 0 spiro atoms. The highest BCUT2D eigenvalue weighted by Crippen LogP contribution is 2.37. The molecule has 0 aliphatic heterocycles. The van der Waals surface area contributed by atoms with Gasteiger partial charge in [-0.25, -0.2) is 8.42 Å². The summed E-state index contributed by atoms with van der Waals surface area (Å²) in [5.41, 5.74) is 1.55. The van der Waals surface area contributed by atoms with Crippen LogP contribution >= 0.6 is 11.6 Å². The molecular weight excluding hydrogens is 376 g/mol. The quantitative estimate of drug-likeness (QED) is 0.709. The molecule has 26 heavy (non-hydrogen) atoms. The van der Waals surface area contributed by atoms with Gasteiger partial charge in [-0.1, -0.05) is 23.7 Å². The Balaban J connectivity index is 2.10. The smallest absolute Gasteiger partial charge is 0.264 e. The summed E-state index contributed by atoms with van der Waals surface area (Å²) in [6.07, 6.45) is 1.63. The predicted molar refractivity (Wildman–Crippen MR) is 102 cm³/mol. The number of hydrogen-bond acceptors (Lipinski definition) is 5. The maximum atomic E-state index is 13.0. The van der Waals surface area contributed by atoms with Crippen molar-refractivity contribution in [3.8, 4) is 11.5 Å². The number of sulfonamides is 1. The minimum atomic E-state index is -3.91. The SMILES string of the molecule is COc1cc(OC)c(NS(=O)(=O)c2cccc3cc(C)cnc23)cc1Cl. The number of benzene rings is 2. The van der Waals surface area contributed by atoms with Gasteiger partial charge in [0.1, 0.15) is 16.4 Å².